The Hall–Kier alpha value is -1.36. The monoisotopic (exact) mass is 280 g/mol. The Morgan fingerprint density at radius 2 is 1.85 bits per heavy atom. The maximum Gasteiger partial charge on any atom is 0.158 e. The molecule has 0 bridgehead atoms. The number of hydrogen-bond donors (Lipinski definition) is 2. The number of aromatic nitrogens is 2. The second-order valence-electron chi connectivity index (χ2n) is 5.30. The average Bonchev–Trinajstić information content (AvgIpc) is 2.42. The van der Waals surface area contributed by atoms with E-state index in [2.05, 4.69) is 48.3 Å². The fourth-order valence-electron chi connectivity index (χ4n) is 1.57. The molecule has 1 atom stereocenters. The van der Waals surface area contributed by atoms with Crippen LogP contribution in [0.15, 0.2) is 6.07 Å². The summed E-state index contributed by atoms with van der Waals surface area (Å²) in [7, 11) is 0. The highest BCUT2D eigenvalue weighted by Crippen LogP contribution is 2.15. The van der Waals surface area contributed by atoms with Crippen LogP contribution < -0.4 is 10.6 Å². The SMILES string of the molecule is CCCNc1cc(NC(C)C(C)C)nc(COCC)n1. The summed E-state index contributed by atoms with van der Waals surface area (Å²) in [6.07, 6.45) is 1.07. The normalized spacial score (nSPS) is 12.5. The summed E-state index contributed by atoms with van der Waals surface area (Å²) >= 11 is 0. The molecule has 1 unspecified atom stereocenters. The zero-order valence-corrected chi connectivity index (χ0v) is 13.4. The topological polar surface area (TPSA) is 59.1 Å². The molecule has 20 heavy (non-hydrogen) atoms. The molecule has 0 aromatic carbocycles. The van der Waals surface area contributed by atoms with Gasteiger partial charge in [0, 0.05) is 25.3 Å². The van der Waals surface area contributed by atoms with E-state index in [1.807, 2.05) is 13.0 Å². The minimum absolute atomic E-state index is 0.365. The van der Waals surface area contributed by atoms with E-state index in [4.69, 9.17) is 4.74 Å². The van der Waals surface area contributed by atoms with Crippen LogP contribution in [0.1, 0.15) is 46.9 Å². The van der Waals surface area contributed by atoms with Crippen molar-refractivity contribution in [3.8, 4) is 0 Å². The largest absolute Gasteiger partial charge is 0.374 e. The van der Waals surface area contributed by atoms with Gasteiger partial charge in [0.1, 0.15) is 18.2 Å². The Morgan fingerprint density at radius 1 is 1.15 bits per heavy atom. The first kappa shape index (κ1) is 16.7. The molecular formula is C15H28N4O. The Bertz CT molecular complexity index is 369. The molecule has 0 amide bonds. The van der Waals surface area contributed by atoms with Crippen LogP contribution in [0.5, 0.6) is 0 Å². The predicted molar refractivity (Wildman–Crippen MR) is 84.1 cm³/mol. The summed E-state index contributed by atoms with van der Waals surface area (Å²) in [6, 6.07) is 2.33. The zero-order chi connectivity index (χ0) is 15.0. The van der Waals surface area contributed by atoms with Gasteiger partial charge in [-0.05, 0) is 26.2 Å². The minimum Gasteiger partial charge on any atom is -0.374 e. The van der Waals surface area contributed by atoms with E-state index < -0.39 is 0 Å². The van der Waals surface area contributed by atoms with Crippen LogP contribution in [0.3, 0.4) is 0 Å². The van der Waals surface area contributed by atoms with E-state index >= 15 is 0 Å². The molecule has 1 aromatic rings. The maximum atomic E-state index is 5.41. The lowest BCUT2D eigenvalue weighted by atomic mass is 10.1. The first-order valence-electron chi connectivity index (χ1n) is 7.52. The van der Waals surface area contributed by atoms with Crippen molar-refractivity contribution >= 4 is 11.6 Å². The fraction of sp³-hybridized carbons (Fsp3) is 0.733. The van der Waals surface area contributed by atoms with E-state index in [0.717, 1.165) is 24.6 Å². The van der Waals surface area contributed by atoms with Gasteiger partial charge in [-0.15, -0.1) is 0 Å². The molecule has 0 aliphatic heterocycles. The first-order valence-corrected chi connectivity index (χ1v) is 7.52. The van der Waals surface area contributed by atoms with Crippen LogP contribution in [-0.4, -0.2) is 29.2 Å². The molecule has 1 heterocycles. The van der Waals surface area contributed by atoms with Crippen LogP contribution in [-0.2, 0) is 11.3 Å². The average molecular weight is 280 g/mol. The van der Waals surface area contributed by atoms with Gasteiger partial charge in [0.25, 0.3) is 0 Å². The molecule has 0 spiro atoms. The van der Waals surface area contributed by atoms with Gasteiger partial charge in [-0.25, -0.2) is 9.97 Å². The van der Waals surface area contributed by atoms with Gasteiger partial charge in [-0.2, -0.15) is 0 Å². The molecule has 1 aromatic heterocycles. The van der Waals surface area contributed by atoms with Crippen molar-refractivity contribution in [3.05, 3.63) is 11.9 Å². The number of nitrogens with zero attached hydrogens (tertiary/aromatic N) is 2. The van der Waals surface area contributed by atoms with Crippen molar-refractivity contribution in [1.82, 2.24) is 9.97 Å². The molecule has 5 heteroatoms. The molecule has 0 aliphatic carbocycles. The number of nitrogens with one attached hydrogen (secondary N) is 2. The van der Waals surface area contributed by atoms with Crippen molar-refractivity contribution in [1.29, 1.82) is 0 Å². The van der Waals surface area contributed by atoms with Gasteiger partial charge in [0.05, 0.1) is 0 Å². The van der Waals surface area contributed by atoms with Crippen LogP contribution in [0, 0.1) is 5.92 Å². The van der Waals surface area contributed by atoms with Crippen LogP contribution in [0.25, 0.3) is 0 Å². The van der Waals surface area contributed by atoms with Crippen molar-refractivity contribution in [2.24, 2.45) is 5.92 Å². The molecule has 5 nitrogen and oxygen atoms in total. The molecular weight excluding hydrogens is 252 g/mol. The molecule has 0 saturated heterocycles. The van der Waals surface area contributed by atoms with Gasteiger partial charge >= 0.3 is 0 Å². The van der Waals surface area contributed by atoms with E-state index in [0.29, 0.717) is 31.0 Å². The molecule has 2 N–H and O–H groups in total. The van der Waals surface area contributed by atoms with Gasteiger partial charge in [0.2, 0.25) is 0 Å². The Morgan fingerprint density at radius 3 is 2.45 bits per heavy atom. The molecule has 0 fully saturated rings. The van der Waals surface area contributed by atoms with E-state index in [1.165, 1.54) is 0 Å². The van der Waals surface area contributed by atoms with Crippen molar-refractivity contribution in [2.45, 2.75) is 53.7 Å². The van der Waals surface area contributed by atoms with Crippen molar-refractivity contribution in [2.75, 3.05) is 23.8 Å². The van der Waals surface area contributed by atoms with Crippen LogP contribution in [0.4, 0.5) is 11.6 Å². The number of anilines is 2. The highest BCUT2D eigenvalue weighted by atomic mass is 16.5. The van der Waals surface area contributed by atoms with Crippen LogP contribution >= 0.6 is 0 Å². The summed E-state index contributed by atoms with van der Waals surface area (Å²) < 4.78 is 5.41. The minimum atomic E-state index is 0.365. The highest BCUT2D eigenvalue weighted by Gasteiger charge is 2.10. The summed E-state index contributed by atoms with van der Waals surface area (Å²) in [5.41, 5.74) is 0. The van der Waals surface area contributed by atoms with Crippen molar-refractivity contribution in [3.63, 3.8) is 0 Å². The third kappa shape index (κ3) is 5.74. The highest BCUT2D eigenvalue weighted by molar-refractivity contribution is 5.48. The van der Waals surface area contributed by atoms with E-state index in [9.17, 15) is 0 Å². The molecule has 114 valence electrons. The number of ether oxygens (including phenoxy) is 1. The van der Waals surface area contributed by atoms with E-state index in [-0.39, 0.29) is 0 Å². The predicted octanol–water partition coefficient (Wildman–Crippen LogP) is 3.29. The lowest BCUT2D eigenvalue weighted by Crippen LogP contribution is -2.22. The quantitative estimate of drug-likeness (QED) is 0.727. The standard InChI is InChI=1S/C15H28N4O/c1-6-8-16-13-9-14(17-12(5)11(3)4)19-15(18-13)10-20-7-2/h9,11-12H,6-8,10H2,1-5H3,(H2,16,17,18,19). The number of rotatable bonds is 9. The molecule has 0 radical (unpaired) electrons. The third-order valence-electron chi connectivity index (χ3n) is 3.14. The molecule has 0 aliphatic rings. The summed E-state index contributed by atoms with van der Waals surface area (Å²) in [5.74, 6) is 2.98. The Balaban J connectivity index is 2.84. The van der Waals surface area contributed by atoms with Gasteiger partial charge in [-0.1, -0.05) is 20.8 Å². The fourth-order valence-corrected chi connectivity index (χ4v) is 1.57. The smallest absolute Gasteiger partial charge is 0.158 e. The number of hydrogen-bond acceptors (Lipinski definition) is 5. The molecule has 0 saturated carbocycles. The first-order chi connectivity index (χ1) is 9.56. The zero-order valence-electron chi connectivity index (χ0n) is 13.4. The maximum absolute atomic E-state index is 5.41. The van der Waals surface area contributed by atoms with Gasteiger partial charge < -0.3 is 15.4 Å². The lowest BCUT2D eigenvalue weighted by molar-refractivity contribution is 0.128. The summed E-state index contributed by atoms with van der Waals surface area (Å²) in [6.45, 7) is 12.7. The van der Waals surface area contributed by atoms with Gasteiger partial charge in [-0.3, -0.25) is 0 Å². The Labute approximate surface area is 122 Å². The van der Waals surface area contributed by atoms with Crippen molar-refractivity contribution < 1.29 is 4.74 Å². The second kappa shape index (κ2) is 8.74. The lowest BCUT2D eigenvalue weighted by Gasteiger charge is -2.19. The summed E-state index contributed by atoms with van der Waals surface area (Å²) in [4.78, 5) is 8.99. The molecule has 1 rings (SSSR count). The van der Waals surface area contributed by atoms with Crippen LogP contribution in [0.2, 0.25) is 0 Å². The van der Waals surface area contributed by atoms with Gasteiger partial charge in [0.15, 0.2) is 5.82 Å². The third-order valence-corrected chi connectivity index (χ3v) is 3.14. The van der Waals surface area contributed by atoms with E-state index in [1.54, 1.807) is 0 Å². The Kier molecular flexibility index (Phi) is 7.30. The second-order valence-corrected chi connectivity index (χ2v) is 5.30. The summed E-state index contributed by atoms with van der Waals surface area (Å²) in [5, 5.41) is 6.74.